The lowest BCUT2D eigenvalue weighted by Gasteiger charge is -2.01. The van der Waals surface area contributed by atoms with Gasteiger partial charge in [-0.25, -0.2) is 4.79 Å². The van der Waals surface area contributed by atoms with Gasteiger partial charge in [-0.2, -0.15) is 0 Å². The largest absolute Gasteiger partial charge is 0.461 e. The molecule has 0 saturated heterocycles. The van der Waals surface area contributed by atoms with Crippen molar-refractivity contribution < 1.29 is 9.53 Å². The van der Waals surface area contributed by atoms with Gasteiger partial charge in [0, 0.05) is 9.86 Å². The van der Waals surface area contributed by atoms with E-state index in [2.05, 4.69) is 20.9 Å². The average Bonchev–Trinajstić information content (AvgIpc) is 2.69. The van der Waals surface area contributed by atoms with E-state index in [-0.39, 0.29) is 5.97 Å². The quantitative estimate of drug-likeness (QED) is 0.878. The molecule has 1 aromatic heterocycles. The number of carbonyl (C=O) groups excluding carboxylic acids is 1. The minimum atomic E-state index is -0.285. The molecule has 0 bridgehead atoms. The van der Waals surface area contributed by atoms with Crippen molar-refractivity contribution >= 4 is 32.8 Å². The van der Waals surface area contributed by atoms with Crippen molar-refractivity contribution in [1.82, 2.24) is 4.98 Å². The zero-order chi connectivity index (χ0) is 12.4. The van der Waals surface area contributed by atoms with Crippen LogP contribution in [0.3, 0.4) is 0 Å². The highest BCUT2D eigenvalue weighted by Gasteiger charge is 2.18. The number of H-pyrrole nitrogens is 1. The van der Waals surface area contributed by atoms with Crippen molar-refractivity contribution in [2.75, 3.05) is 6.61 Å². The minimum absolute atomic E-state index is 0.285. The Morgan fingerprint density at radius 2 is 2.18 bits per heavy atom. The van der Waals surface area contributed by atoms with Gasteiger partial charge in [-0.1, -0.05) is 19.1 Å². The van der Waals surface area contributed by atoms with E-state index in [1.54, 1.807) is 0 Å². The van der Waals surface area contributed by atoms with Gasteiger partial charge in [0.05, 0.1) is 12.1 Å². The molecule has 0 fully saturated rings. The number of aromatic nitrogens is 1. The molecule has 0 aliphatic rings. The number of hydrogen-bond donors (Lipinski definition) is 1. The highest BCUT2D eigenvalue weighted by atomic mass is 79.9. The summed E-state index contributed by atoms with van der Waals surface area (Å²) in [6.07, 6.45) is 0.796. The molecule has 90 valence electrons. The Bertz CT molecular complexity index is 560. The van der Waals surface area contributed by atoms with Gasteiger partial charge in [0.15, 0.2) is 0 Å². The minimum Gasteiger partial charge on any atom is -0.461 e. The van der Waals surface area contributed by atoms with Crippen LogP contribution in [0.2, 0.25) is 0 Å². The number of carbonyl (C=O) groups is 1. The van der Waals surface area contributed by atoms with E-state index in [0.717, 1.165) is 27.4 Å². The highest BCUT2D eigenvalue weighted by molar-refractivity contribution is 9.10. The molecular formula is C13H14BrNO2. The van der Waals surface area contributed by atoms with Crippen LogP contribution in [0.15, 0.2) is 22.7 Å². The van der Waals surface area contributed by atoms with Crippen LogP contribution in [0, 0.1) is 0 Å². The first-order chi connectivity index (χ1) is 8.19. The lowest BCUT2D eigenvalue weighted by Crippen LogP contribution is -2.07. The lowest BCUT2D eigenvalue weighted by atomic mass is 10.1. The first-order valence-electron chi connectivity index (χ1n) is 5.65. The Morgan fingerprint density at radius 1 is 1.41 bits per heavy atom. The molecule has 0 unspecified atom stereocenters. The molecule has 0 atom stereocenters. The monoisotopic (exact) mass is 295 g/mol. The molecule has 3 nitrogen and oxygen atoms in total. The van der Waals surface area contributed by atoms with E-state index >= 15 is 0 Å². The third-order valence-corrected chi connectivity index (χ3v) is 3.38. The number of nitrogens with one attached hydrogen (secondary N) is 1. The molecule has 0 saturated carbocycles. The second kappa shape index (κ2) is 4.92. The molecule has 0 radical (unpaired) electrons. The second-order valence-corrected chi connectivity index (χ2v) is 4.57. The number of aryl methyl sites for hydroxylation is 1. The molecule has 17 heavy (non-hydrogen) atoms. The van der Waals surface area contributed by atoms with Gasteiger partial charge in [-0.15, -0.1) is 0 Å². The maximum atomic E-state index is 11.8. The molecular weight excluding hydrogens is 282 g/mol. The summed E-state index contributed by atoms with van der Waals surface area (Å²) in [5.41, 5.74) is 2.53. The molecule has 1 N–H and O–H groups in total. The third-order valence-electron chi connectivity index (χ3n) is 2.72. The lowest BCUT2D eigenvalue weighted by molar-refractivity contribution is 0.0519. The SMILES string of the molecule is CCOC(=O)c1[nH]c2c(Br)cccc2c1CC. The summed E-state index contributed by atoms with van der Waals surface area (Å²) in [4.78, 5) is 15.0. The van der Waals surface area contributed by atoms with Crippen molar-refractivity contribution in [3.05, 3.63) is 33.9 Å². The first kappa shape index (κ1) is 12.2. The fourth-order valence-electron chi connectivity index (χ4n) is 1.98. The Balaban J connectivity index is 2.63. The molecule has 2 rings (SSSR count). The van der Waals surface area contributed by atoms with E-state index in [4.69, 9.17) is 4.74 Å². The average molecular weight is 296 g/mol. The van der Waals surface area contributed by atoms with Gasteiger partial charge in [0.2, 0.25) is 0 Å². The van der Waals surface area contributed by atoms with Crippen molar-refractivity contribution in [3.8, 4) is 0 Å². The van der Waals surface area contributed by atoms with Crippen LogP contribution in [0.4, 0.5) is 0 Å². The van der Waals surface area contributed by atoms with Gasteiger partial charge in [0.25, 0.3) is 0 Å². The summed E-state index contributed by atoms with van der Waals surface area (Å²) in [6.45, 7) is 4.23. The van der Waals surface area contributed by atoms with E-state index in [9.17, 15) is 4.79 Å². The van der Waals surface area contributed by atoms with Gasteiger partial charge in [0.1, 0.15) is 5.69 Å². The van der Waals surface area contributed by atoms with Crippen LogP contribution in [0.1, 0.15) is 29.9 Å². The fraction of sp³-hybridized carbons (Fsp3) is 0.308. The van der Waals surface area contributed by atoms with Crippen LogP contribution in [0.5, 0.6) is 0 Å². The van der Waals surface area contributed by atoms with E-state index in [1.165, 1.54) is 0 Å². The fourth-order valence-corrected chi connectivity index (χ4v) is 2.45. The van der Waals surface area contributed by atoms with Crippen LogP contribution in [-0.4, -0.2) is 17.6 Å². The Morgan fingerprint density at radius 3 is 2.82 bits per heavy atom. The normalized spacial score (nSPS) is 10.8. The zero-order valence-corrected chi connectivity index (χ0v) is 11.4. The van der Waals surface area contributed by atoms with Crippen molar-refractivity contribution in [2.24, 2.45) is 0 Å². The van der Waals surface area contributed by atoms with Crippen molar-refractivity contribution in [2.45, 2.75) is 20.3 Å². The molecule has 1 heterocycles. The molecule has 0 aliphatic carbocycles. The number of benzene rings is 1. The number of esters is 1. The summed E-state index contributed by atoms with van der Waals surface area (Å²) < 4.78 is 6.01. The number of fused-ring (bicyclic) bond motifs is 1. The second-order valence-electron chi connectivity index (χ2n) is 3.71. The highest BCUT2D eigenvalue weighted by Crippen LogP contribution is 2.29. The van der Waals surface area contributed by atoms with Crippen molar-refractivity contribution in [3.63, 3.8) is 0 Å². The Kier molecular flexibility index (Phi) is 3.52. The van der Waals surface area contributed by atoms with E-state index in [1.807, 2.05) is 32.0 Å². The predicted molar refractivity (Wildman–Crippen MR) is 71.3 cm³/mol. The van der Waals surface area contributed by atoms with Crippen LogP contribution < -0.4 is 0 Å². The first-order valence-corrected chi connectivity index (χ1v) is 6.44. The standard InChI is InChI=1S/C13H14BrNO2/c1-3-8-9-6-5-7-10(14)11(9)15-12(8)13(16)17-4-2/h5-7,15H,3-4H2,1-2H3. The topological polar surface area (TPSA) is 42.1 Å². The van der Waals surface area contributed by atoms with Crippen LogP contribution in [-0.2, 0) is 11.2 Å². The molecule has 0 amide bonds. The molecule has 1 aromatic carbocycles. The molecule has 2 aromatic rings. The maximum absolute atomic E-state index is 11.8. The number of para-hydroxylation sites is 1. The van der Waals surface area contributed by atoms with E-state index < -0.39 is 0 Å². The summed E-state index contributed by atoms with van der Waals surface area (Å²) in [6, 6.07) is 5.93. The number of ether oxygens (including phenoxy) is 1. The third kappa shape index (κ3) is 2.09. The van der Waals surface area contributed by atoms with Gasteiger partial charge >= 0.3 is 5.97 Å². The van der Waals surface area contributed by atoms with Gasteiger partial charge in [-0.3, -0.25) is 0 Å². The maximum Gasteiger partial charge on any atom is 0.355 e. The Hall–Kier alpha value is -1.29. The van der Waals surface area contributed by atoms with Crippen LogP contribution >= 0.6 is 15.9 Å². The number of rotatable bonds is 3. The summed E-state index contributed by atoms with van der Waals surface area (Å²) in [5, 5.41) is 1.07. The van der Waals surface area contributed by atoms with E-state index in [0.29, 0.717) is 12.3 Å². The molecule has 0 aliphatic heterocycles. The smallest absolute Gasteiger partial charge is 0.355 e. The summed E-state index contributed by atoms with van der Waals surface area (Å²) in [5.74, 6) is -0.285. The zero-order valence-electron chi connectivity index (χ0n) is 9.84. The predicted octanol–water partition coefficient (Wildman–Crippen LogP) is 3.67. The van der Waals surface area contributed by atoms with Gasteiger partial charge in [-0.05, 0) is 40.9 Å². The number of halogens is 1. The summed E-state index contributed by atoms with van der Waals surface area (Å²) >= 11 is 3.48. The molecule has 4 heteroatoms. The summed E-state index contributed by atoms with van der Waals surface area (Å²) in [7, 11) is 0. The van der Waals surface area contributed by atoms with Gasteiger partial charge < -0.3 is 9.72 Å². The van der Waals surface area contributed by atoms with Crippen molar-refractivity contribution in [1.29, 1.82) is 0 Å². The van der Waals surface area contributed by atoms with Crippen LogP contribution in [0.25, 0.3) is 10.9 Å². The Labute approximate surface area is 108 Å². The number of aromatic amines is 1. The molecule has 0 spiro atoms. The number of hydrogen-bond acceptors (Lipinski definition) is 2.